The van der Waals surface area contributed by atoms with Gasteiger partial charge in [0.1, 0.15) is 0 Å². The summed E-state index contributed by atoms with van der Waals surface area (Å²) in [5.41, 5.74) is 7.08. The first-order chi connectivity index (χ1) is 8.07. The first kappa shape index (κ1) is 12.4. The zero-order valence-electron chi connectivity index (χ0n) is 9.92. The Balaban J connectivity index is 2.10. The third-order valence-corrected chi connectivity index (χ3v) is 4.02. The van der Waals surface area contributed by atoms with Gasteiger partial charge in [-0.2, -0.15) is 0 Å². The Morgan fingerprint density at radius 1 is 1.53 bits per heavy atom. The number of hydrogen-bond donors (Lipinski definition) is 2. The predicted molar refractivity (Wildman–Crippen MR) is 70.2 cm³/mol. The first-order valence-electron chi connectivity index (χ1n) is 5.85. The summed E-state index contributed by atoms with van der Waals surface area (Å²) in [6.45, 7) is 2.35. The molecule has 0 unspecified atom stereocenters. The number of halogens is 1. The molecule has 1 saturated carbocycles. The van der Waals surface area contributed by atoms with Gasteiger partial charge in [-0.3, -0.25) is 4.79 Å². The number of hydrogen-bond acceptors (Lipinski definition) is 2. The van der Waals surface area contributed by atoms with E-state index in [-0.39, 0.29) is 11.3 Å². The Morgan fingerprint density at radius 3 is 2.71 bits per heavy atom. The number of nitrogens with two attached hydrogens (primary N) is 1. The van der Waals surface area contributed by atoms with Gasteiger partial charge in [-0.1, -0.05) is 24.1 Å². The summed E-state index contributed by atoms with van der Waals surface area (Å²) < 4.78 is 0. The maximum atomic E-state index is 12.1. The van der Waals surface area contributed by atoms with Crippen LogP contribution >= 0.6 is 11.6 Å². The van der Waals surface area contributed by atoms with Gasteiger partial charge < -0.3 is 11.1 Å². The number of anilines is 1. The molecule has 1 aliphatic carbocycles. The molecule has 3 N–H and O–H groups in total. The van der Waals surface area contributed by atoms with Gasteiger partial charge in [-0.05, 0) is 37.5 Å². The van der Waals surface area contributed by atoms with Crippen molar-refractivity contribution in [3.05, 3.63) is 28.8 Å². The van der Waals surface area contributed by atoms with Crippen LogP contribution in [0.4, 0.5) is 5.69 Å². The monoisotopic (exact) mass is 252 g/mol. The van der Waals surface area contributed by atoms with Crippen LogP contribution in [-0.2, 0) is 4.79 Å². The number of amides is 1. The summed E-state index contributed by atoms with van der Waals surface area (Å²) in [5.74, 6) is 0.0196. The van der Waals surface area contributed by atoms with Gasteiger partial charge in [0.05, 0.1) is 5.41 Å². The van der Waals surface area contributed by atoms with Crippen molar-refractivity contribution in [3.63, 3.8) is 0 Å². The highest BCUT2D eigenvalue weighted by molar-refractivity contribution is 6.31. The third-order valence-electron chi connectivity index (χ3n) is 3.61. The first-order valence-corrected chi connectivity index (χ1v) is 6.23. The molecule has 3 nitrogen and oxygen atoms in total. The van der Waals surface area contributed by atoms with E-state index in [1.807, 2.05) is 19.1 Å². The zero-order chi connectivity index (χ0) is 12.5. The van der Waals surface area contributed by atoms with Gasteiger partial charge in [0.2, 0.25) is 5.91 Å². The molecule has 4 heteroatoms. The van der Waals surface area contributed by atoms with Crippen molar-refractivity contribution in [1.29, 1.82) is 0 Å². The van der Waals surface area contributed by atoms with Gasteiger partial charge in [-0.25, -0.2) is 0 Å². The van der Waals surface area contributed by atoms with Crippen molar-refractivity contribution < 1.29 is 4.79 Å². The van der Waals surface area contributed by atoms with Crippen LogP contribution in [0.3, 0.4) is 0 Å². The van der Waals surface area contributed by atoms with E-state index in [0.717, 1.165) is 30.5 Å². The molecule has 2 rings (SSSR count). The number of carbonyl (C=O) groups excluding carboxylic acids is 1. The quantitative estimate of drug-likeness (QED) is 0.869. The second-order valence-electron chi connectivity index (χ2n) is 4.76. The smallest absolute Gasteiger partial charge is 0.231 e. The van der Waals surface area contributed by atoms with Crippen LogP contribution < -0.4 is 11.1 Å². The molecular formula is C13H17ClN2O. The number of aryl methyl sites for hydroxylation is 1. The van der Waals surface area contributed by atoms with Crippen LogP contribution in [0.25, 0.3) is 0 Å². The van der Waals surface area contributed by atoms with Crippen LogP contribution in [0.15, 0.2) is 18.2 Å². The van der Waals surface area contributed by atoms with Crippen molar-refractivity contribution in [3.8, 4) is 0 Å². The molecule has 1 fully saturated rings. The maximum absolute atomic E-state index is 12.1. The van der Waals surface area contributed by atoms with Crippen molar-refractivity contribution >= 4 is 23.2 Å². The summed E-state index contributed by atoms with van der Waals surface area (Å²) in [4.78, 5) is 12.1. The van der Waals surface area contributed by atoms with Gasteiger partial charge in [-0.15, -0.1) is 0 Å². The van der Waals surface area contributed by atoms with Gasteiger partial charge in [0.15, 0.2) is 0 Å². The molecule has 0 atom stereocenters. The molecule has 1 aromatic carbocycles. The van der Waals surface area contributed by atoms with E-state index in [1.165, 1.54) is 0 Å². The Bertz CT molecular complexity index is 436. The lowest BCUT2D eigenvalue weighted by molar-refractivity contribution is -0.129. The SMILES string of the molecule is Cc1ccc(NC(=O)C2(CN)CCC2)cc1Cl. The standard InChI is InChI=1S/C13H17ClN2O/c1-9-3-4-10(7-11(9)14)16-12(17)13(8-15)5-2-6-13/h3-4,7H,2,5-6,8,15H2,1H3,(H,16,17). The summed E-state index contributed by atoms with van der Waals surface area (Å²) in [5, 5.41) is 3.57. The molecular weight excluding hydrogens is 236 g/mol. The Kier molecular flexibility index (Phi) is 3.40. The van der Waals surface area contributed by atoms with E-state index in [2.05, 4.69) is 5.32 Å². The van der Waals surface area contributed by atoms with Crippen LogP contribution in [-0.4, -0.2) is 12.5 Å². The Morgan fingerprint density at radius 2 is 2.24 bits per heavy atom. The summed E-state index contributed by atoms with van der Waals surface area (Å²) >= 11 is 6.02. The van der Waals surface area contributed by atoms with E-state index in [1.54, 1.807) is 6.07 Å². The minimum atomic E-state index is -0.350. The van der Waals surface area contributed by atoms with Crippen molar-refractivity contribution in [1.82, 2.24) is 0 Å². The molecule has 0 heterocycles. The number of benzene rings is 1. The minimum Gasteiger partial charge on any atom is -0.329 e. The molecule has 0 aromatic heterocycles. The van der Waals surface area contributed by atoms with Crippen LogP contribution in [0, 0.1) is 12.3 Å². The Hall–Kier alpha value is -1.06. The fourth-order valence-electron chi connectivity index (χ4n) is 2.06. The zero-order valence-corrected chi connectivity index (χ0v) is 10.7. The average Bonchev–Trinajstić information content (AvgIpc) is 2.23. The molecule has 92 valence electrons. The second-order valence-corrected chi connectivity index (χ2v) is 5.16. The maximum Gasteiger partial charge on any atom is 0.231 e. The van der Waals surface area contributed by atoms with E-state index in [0.29, 0.717) is 11.6 Å². The number of nitrogens with one attached hydrogen (secondary N) is 1. The van der Waals surface area contributed by atoms with Gasteiger partial charge in [0, 0.05) is 17.3 Å². The Labute approximate surface area is 106 Å². The fourth-order valence-corrected chi connectivity index (χ4v) is 2.24. The topological polar surface area (TPSA) is 55.1 Å². The minimum absolute atomic E-state index is 0.0196. The van der Waals surface area contributed by atoms with Crippen LogP contribution in [0.5, 0.6) is 0 Å². The van der Waals surface area contributed by atoms with Crippen molar-refractivity contribution in [2.45, 2.75) is 26.2 Å². The van der Waals surface area contributed by atoms with Crippen molar-refractivity contribution in [2.24, 2.45) is 11.1 Å². The summed E-state index contributed by atoms with van der Waals surface area (Å²) in [6.07, 6.45) is 2.85. The average molecular weight is 253 g/mol. The lowest BCUT2D eigenvalue weighted by Gasteiger charge is -2.39. The molecule has 0 spiro atoms. The lowest BCUT2D eigenvalue weighted by atomic mass is 9.68. The molecule has 1 aromatic rings. The van der Waals surface area contributed by atoms with E-state index < -0.39 is 0 Å². The molecule has 1 aliphatic rings. The normalized spacial score (nSPS) is 17.4. The highest BCUT2D eigenvalue weighted by Gasteiger charge is 2.42. The number of carbonyl (C=O) groups is 1. The van der Waals surface area contributed by atoms with E-state index in [9.17, 15) is 4.79 Å². The molecule has 0 radical (unpaired) electrons. The van der Waals surface area contributed by atoms with Crippen LogP contribution in [0.1, 0.15) is 24.8 Å². The highest BCUT2D eigenvalue weighted by Crippen LogP contribution is 2.40. The lowest BCUT2D eigenvalue weighted by Crippen LogP contribution is -2.47. The number of rotatable bonds is 3. The highest BCUT2D eigenvalue weighted by atomic mass is 35.5. The summed E-state index contributed by atoms with van der Waals surface area (Å²) in [7, 11) is 0. The van der Waals surface area contributed by atoms with Gasteiger partial charge in [0.25, 0.3) is 0 Å². The molecule has 1 amide bonds. The largest absolute Gasteiger partial charge is 0.329 e. The van der Waals surface area contributed by atoms with Crippen molar-refractivity contribution in [2.75, 3.05) is 11.9 Å². The predicted octanol–water partition coefficient (Wildman–Crippen LogP) is 2.72. The van der Waals surface area contributed by atoms with Crippen LogP contribution in [0.2, 0.25) is 5.02 Å². The molecule has 0 aliphatic heterocycles. The molecule has 0 bridgehead atoms. The second kappa shape index (κ2) is 4.67. The molecule has 17 heavy (non-hydrogen) atoms. The summed E-state index contributed by atoms with van der Waals surface area (Å²) in [6, 6.07) is 5.54. The fraction of sp³-hybridized carbons (Fsp3) is 0.462. The van der Waals surface area contributed by atoms with E-state index in [4.69, 9.17) is 17.3 Å². The third kappa shape index (κ3) is 2.31. The molecule has 0 saturated heterocycles. The van der Waals surface area contributed by atoms with Gasteiger partial charge >= 0.3 is 0 Å². The van der Waals surface area contributed by atoms with E-state index >= 15 is 0 Å².